The standard InChI is InChI=1S/C21H15N3O5S3/c1-13-23-17-5-4-16(11-20(17)30-13)32(27,28)24-8-9-31(25,26)21-7-2-14(10-18(21)24)19-6-3-15(12-22)29-19/h2-7,10-11H,8-9H2,1H3. The summed E-state index contributed by atoms with van der Waals surface area (Å²) in [4.78, 5) is 4.36. The van der Waals surface area contributed by atoms with E-state index in [-0.39, 0.29) is 33.5 Å². The molecule has 4 aromatic rings. The van der Waals surface area contributed by atoms with Crippen LogP contribution in [-0.2, 0) is 19.9 Å². The van der Waals surface area contributed by atoms with E-state index < -0.39 is 19.9 Å². The predicted molar refractivity (Wildman–Crippen MR) is 120 cm³/mol. The molecule has 162 valence electrons. The normalized spacial score (nSPS) is 15.4. The van der Waals surface area contributed by atoms with Crippen molar-refractivity contribution in [1.29, 1.82) is 5.26 Å². The topological polar surface area (TPSA) is 121 Å². The lowest BCUT2D eigenvalue weighted by atomic mass is 10.1. The summed E-state index contributed by atoms with van der Waals surface area (Å²) in [7, 11) is -7.69. The monoisotopic (exact) mass is 485 g/mol. The van der Waals surface area contributed by atoms with E-state index in [1.807, 2.05) is 13.0 Å². The summed E-state index contributed by atoms with van der Waals surface area (Å²) >= 11 is 1.39. The van der Waals surface area contributed by atoms with Crippen LogP contribution in [-0.4, -0.2) is 34.1 Å². The molecule has 1 aliphatic rings. The van der Waals surface area contributed by atoms with Crippen LogP contribution in [0.25, 0.3) is 21.5 Å². The van der Waals surface area contributed by atoms with Crippen LogP contribution in [0.3, 0.4) is 0 Å². The molecule has 0 saturated carbocycles. The van der Waals surface area contributed by atoms with Crippen molar-refractivity contribution in [3.8, 4) is 17.4 Å². The first kappa shape index (κ1) is 20.7. The van der Waals surface area contributed by atoms with Crippen molar-refractivity contribution in [2.45, 2.75) is 16.7 Å². The Bertz CT molecular complexity index is 1640. The molecular formula is C21H15N3O5S3. The molecule has 0 radical (unpaired) electrons. The Balaban J connectivity index is 1.66. The molecule has 8 nitrogen and oxygen atoms in total. The van der Waals surface area contributed by atoms with Crippen molar-refractivity contribution < 1.29 is 21.3 Å². The van der Waals surface area contributed by atoms with Gasteiger partial charge in [0, 0.05) is 12.1 Å². The Morgan fingerprint density at radius 1 is 1.16 bits per heavy atom. The average Bonchev–Trinajstić information content (AvgIpc) is 3.38. The van der Waals surface area contributed by atoms with E-state index in [0.717, 1.165) is 14.0 Å². The molecule has 32 heavy (non-hydrogen) atoms. The van der Waals surface area contributed by atoms with E-state index in [4.69, 9.17) is 9.68 Å². The van der Waals surface area contributed by atoms with Crippen LogP contribution in [0.2, 0.25) is 0 Å². The summed E-state index contributed by atoms with van der Waals surface area (Å²) < 4.78 is 59.7. The summed E-state index contributed by atoms with van der Waals surface area (Å²) in [5, 5.41) is 9.82. The molecule has 0 spiro atoms. The molecule has 3 heterocycles. The van der Waals surface area contributed by atoms with Crippen LogP contribution in [0.5, 0.6) is 0 Å². The number of aromatic nitrogens is 1. The Labute approximate surface area is 188 Å². The molecule has 0 bridgehead atoms. The number of benzene rings is 2. The first-order chi connectivity index (χ1) is 15.2. The Morgan fingerprint density at radius 2 is 1.97 bits per heavy atom. The number of sulfone groups is 1. The molecule has 0 N–H and O–H groups in total. The van der Waals surface area contributed by atoms with E-state index in [1.54, 1.807) is 24.3 Å². The molecule has 0 aliphatic carbocycles. The lowest BCUT2D eigenvalue weighted by Gasteiger charge is -2.30. The third-order valence-corrected chi connectivity index (χ3v) is 9.66. The van der Waals surface area contributed by atoms with Crippen molar-refractivity contribution in [3.05, 3.63) is 59.3 Å². The Kier molecular flexibility index (Phi) is 4.63. The molecular weight excluding hydrogens is 470 g/mol. The quantitative estimate of drug-likeness (QED) is 0.433. The van der Waals surface area contributed by atoms with Crippen LogP contribution in [0.15, 0.2) is 62.7 Å². The maximum atomic E-state index is 13.6. The number of hydrogen-bond donors (Lipinski definition) is 0. The largest absolute Gasteiger partial charge is 0.446 e. The fourth-order valence-electron chi connectivity index (χ4n) is 3.67. The SMILES string of the molecule is Cc1nc2ccc(S(=O)(=O)N3CCS(=O)(=O)c4ccc(-c5ccc(C#N)o5)cc43)cc2s1. The van der Waals surface area contributed by atoms with Crippen LogP contribution in [0.4, 0.5) is 5.69 Å². The smallest absolute Gasteiger partial charge is 0.264 e. The van der Waals surface area contributed by atoms with E-state index in [2.05, 4.69) is 4.98 Å². The fraction of sp³-hybridized carbons (Fsp3) is 0.143. The Hall–Kier alpha value is -3.20. The number of rotatable bonds is 3. The van der Waals surface area contributed by atoms with Crippen LogP contribution in [0, 0.1) is 18.3 Å². The maximum Gasteiger partial charge on any atom is 0.264 e. The van der Waals surface area contributed by atoms with Gasteiger partial charge in [0.1, 0.15) is 11.8 Å². The van der Waals surface area contributed by atoms with Gasteiger partial charge in [0.05, 0.1) is 36.5 Å². The second-order valence-electron chi connectivity index (χ2n) is 7.22. The van der Waals surface area contributed by atoms with Crippen LogP contribution >= 0.6 is 11.3 Å². The summed E-state index contributed by atoms with van der Waals surface area (Å²) in [6, 6.07) is 14.0. The highest BCUT2D eigenvalue weighted by atomic mass is 32.2. The fourth-order valence-corrected chi connectivity index (χ4v) is 7.70. The molecule has 0 atom stereocenters. The number of fused-ring (bicyclic) bond motifs is 2. The highest BCUT2D eigenvalue weighted by Gasteiger charge is 2.36. The lowest BCUT2D eigenvalue weighted by Crippen LogP contribution is -2.39. The van der Waals surface area contributed by atoms with Crippen LogP contribution < -0.4 is 4.31 Å². The van der Waals surface area contributed by atoms with Gasteiger partial charge in [-0.3, -0.25) is 4.31 Å². The number of nitrogens with zero attached hydrogens (tertiary/aromatic N) is 3. The lowest BCUT2D eigenvalue weighted by molar-refractivity contribution is 0.567. The van der Waals surface area contributed by atoms with Gasteiger partial charge in [0.15, 0.2) is 9.84 Å². The van der Waals surface area contributed by atoms with Crippen LogP contribution in [0.1, 0.15) is 10.8 Å². The molecule has 0 amide bonds. The number of aryl methyl sites for hydroxylation is 1. The number of nitriles is 1. The van der Waals surface area contributed by atoms with Gasteiger partial charge in [-0.15, -0.1) is 11.3 Å². The average molecular weight is 486 g/mol. The van der Waals surface area contributed by atoms with Gasteiger partial charge in [0.25, 0.3) is 10.0 Å². The molecule has 2 aromatic heterocycles. The number of anilines is 1. The van der Waals surface area contributed by atoms with Gasteiger partial charge in [-0.2, -0.15) is 5.26 Å². The molecule has 0 fully saturated rings. The second kappa shape index (κ2) is 7.16. The molecule has 1 aliphatic heterocycles. The van der Waals surface area contributed by atoms with Crippen molar-refractivity contribution in [1.82, 2.24) is 4.98 Å². The molecule has 0 saturated heterocycles. The van der Waals surface area contributed by atoms with Crippen molar-refractivity contribution >= 4 is 47.1 Å². The Morgan fingerprint density at radius 3 is 2.72 bits per heavy atom. The van der Waals surface area contributed by atoms with Crippen molar-refractivity contribution in [2.24, 2.45) is 0 Å². The van der Waals surface area contributed by atoms with Gasteiger partial charge < -0.3 is 4.42 Å². The van der Waals surface area contributed by atoms with E-state index >= 15 is 0 Å². The zero-order valence-corrected chi connectivity index (χ0v) is 19.1. The van der Waals surface area contributed by atoms with Gasteiger partial charge in [-0.25, -0.2) is 21.8 Å². The minimum atomic E-state index is -4.04. The number of furan rings is 1. The van der Waals surface area contributed by atoms with E-state index in [1.165, 1.54) is 35.6 Å². The minimum Gasteiger partial charge on any atom is -0.446 e. The number of hydrogen-bond acceptors (Lipinski definition) is 8. The zero-order chi connectivity index (χ0) is 22.7. The van der Waals surface area contributed by atoms with E-state index in [9.17, 15) is 16.8 Å². The first-order valence-electron chi connectivity index (χ1n) is 9.46. The van der Waals surface area contributed by atoms with Gasteiger partial charge >= 0.3 is 0 Å². The van der Waals surface area contributed by atoms with Crippen molar-refractivity contribution in [2.75, 3.05) is 16.6 Å². The highest BCUT2D eigenvalue weighted by Crippen LogP contribution is 2.38. The van der Waals surface area contributed by atoms with Crippen molar-refractivity contribution in [3.63, 3.8) is 0 Å². The molecule has 11 heteroatoms. The molecule has 5 rings (SSSR count). The highest BCUT2D eigenvalue weighted by molar-refractivity contribution is 7.94. The third kappa shape index (κ3) is 3.28. The summed E-state index contributed by atoms with van der Waals surface area (Å²) in [6.07, 6.45) is 0. The first-order valence-corrected chi connectivity index (χ1v) is 13.4. The maximum absolute atomic E-state index is 13.6. The third-order valence-electron chi connectivity index (χ3n) is 5.18. The molecule has 0 unspecified atom stereocenters. The van der Waals surface area contributed by atoms with E-state index in [0.29, 0.717) is 16.8 Å². The summed E-state index contributed by atoms with van der Waals surface area (Å²) in [5.74, 6) is 0.119. The van der Waals surface area contributed by atoms with Gasteiger partial charge in [-0.1, -0.05) is 0 Å². The van der Waals surface area contributed by atoms with Gasteiger partial charge in [0.2, 0.25) is 5.76 Å². The summed E-state index contributed by atoms with van der Waals surface area (Å²) in [6.45, 7) is 1.64. The zero-order valence-electron chi connectivity index (χ0n) is 16.6. The summed E-state index contributed by atoms with van der Waals surface area (Å²) in [5.41, 5.74) is 1.24. The number of sulfonamides is 1. The molecule has 2 aromatic carbocycles. The number of thiazole rings is 1. The minimum absolute atomic E-state index is 0.0575. The van der Waals surface area contributed by atoms with Gasteiger partial charge in [-0.05, 0) is 55.5 Å². The predicted octanol–water partition coefficient (Wildman–Crippen LogP) is 3.72. The second-order valence-corrected chi connectivity index (χ2v) is 12.4.